The number of hydrogen-bond acceptors (Lipinski definition) is 8. The van der Waals surface area contributed by atoms with Crippen molar-refractivity contribution in [2.24, 2.45) is 0 Å². The van der Waals surface area contributed by atoms with E-state index in [0.717, 1.165) is 35.2 Å². The first-order valence-electron chi connectivity index (χ1n) is 10.5. The van der Waals surface area contributed by atoms with Gasteiger partial charge in [0.15, 0.2) is 11.0 Å². The average Bonchev–Trinajstić information content (AvgIpc) is 3.16. The quantitative estimate of drug-likeness (QED) is 0.363. The van der Waals surface area contributed by atoms with Crippen molar-refractivity contribution >= 4 is 29.3 Å². The Morgan fingerprint density at radius 1 is 1.03 bits per heavy atom. The van der Waals surface area contributed by atoms with Crippen molar-refractivity contribution in [1.29, 1.82) is 0 Å². The molecule has 2 heterocycles. The molecule has 0 radical (unpaired) electrons. The topological polar surface area (TPSA) is 107 Å². The van der Waals surface area contributed by atoms with Crippen molar-refractivity contribution in [2.75, 3.05) is 11.1 Å². The fourth-order valence-electron chi connectivity index (χ4n) is 3.31. The predicted octanol–water partition coefficient (Wildman–Crippen LogP) is 5.03. The van der Waals surface area contributed by atoms with Crippen LogP contribution in [0.15, 0.2) is 59.8 Å². The summed E-state index contributed by atoms with van der Waals surface area (Å²) in [6.45, 7) is 7.08. The van der Waals surface area contributed by atoms with Gasteiger partial charge < -0.3 is 15.6 Å². The van der Waals surface area contributed by atoms with Gasteiger partial charge in [0.1, 0.15) is 5.82 Å². The number of aromatic nitrogens is 6. The number of hydrogen-bond donors (Lipinski definition) is 2. The molecule has 0 fully saturated rings. The van der Waals surface area contributed by atoms with Crippen molar-refractivity contribution < 1.29 is 0 Å². The molecule has 0 spiro atoms. The van der Waals surface area contributed by atoms with Crippen LogP contribution in [0.4, 0.5) is 17.6 Å². The number of anilines is 3. The fraction of sp³-hybridized carbons (Fsp3) is 0.261. The molecule has 4 rings (SSSR count). The van der Waals surface area contributed by atoms with Gasteiger partial charge in [-0.3, -0.25) is 0 Å². The van der Waals surface area contributed by atoms with E-state index in [-0.39, 0.29) is 11.2 Å². The molecule has 2 aromatic heterocycles. The molecule has 0 aliphatic carbocycles. The third-order valence-corrected chi connectivity index (χ3v) is 5.86. The minimum Gasteiger partial charge on any atom is -0.368 e. The summed E-state index contributed by atoms with van der Waals surface area (Å²) in [5.74, 6) is 2.05. The number of nitrogens with one attached hydrogen (secondary N) is 1. The highest BCUT2D eigenvalue weighted by Gasteiger charge is 2.20. The molecule has 9 heteroatoms. The molecule has 8 nitrogen and oxygen atoms in total. The van der Waals surface area contributed by atoms with Gasteiger partial charge in [0, 0.05) is 17.8 Å². The van der Waals surface area contributed by atoms with Crippen LogP contribution in [0.5, 0.6) is 0 Å². The van der Waals surface area contributed by atoms with E-state index in [2.05, 4.69) is 67.1 Å². The highest BCUT2D eigenvalue weighted by molar-refractivity contribution is 7.99. The van der Waals surface area contributed by atoms with E-state index < -0.39 is 0 Å². The zero-order valence-corrected chi connectivity index (χ0v) is 19.2. The molecule has 0 saturated heterocycles. The molecule has 1 unspecified atom stereocenters. The summed E-state index contributed by atoms with van der Waals surface area (Å²) in [6, 6.07) is 18.0. The third kappa shape index (κ3) is 5.05. The van der Waals surface area contributed by atoms with E-state index in [4.69, 9.17) is 5.73 Å². The number of aryl methyl sites for hydroxylation is 1. The molecule has 4 aromatic rings. The zero-order chi connectivity index (χ0) is 22.5. The molecular formula is C23H26N8S. The van der Waals surface area contributed by atoms with Gasteiger partial charge in [0.25, 0.3) is 0 Å². The first-order chi connectivity index (χ1) is 15.5. The van der Waals surface area contributed by atoms with Crippen molar-refractivity contribution in [3.8, 4) is 11.4 Å². The van der Waals surface area contributed by atoms with Crippen LogP contribution in [0.1, 0.15) is 36.9 Å². The Kier molecular flexibility index (Phi) is 6.65. The molecule has 0 aliphatic rings. The highest BCUT2D eigenvalue weighted by atomic mass is 32.2. The summed E-state index contributed by atoms with van der Waals surface area (Å²) >= 11 is 1.56. The maximum absolute atomic E-state index is 5.97. The fourth-order valence-corrected chi connectivity index (χ4v) is 4.23. The maximum atomic E-state index is 5.97. The first kappa shape index (κ1) is 21.8. The molecular weight excluding hydrogens is 420 g/mol. The normalized spacial score (nSPS) is 12.0. The summed E-state index contributed by atoms with van der Waals surface area (Å²) < 4.78 is 2.16. The van der Waals surface area contributed by atoms with Crippen molar-refractivity contribution in [3.05, 3.63) is 66.0 Å². The van der Waals surface area contributed by atoms with E-state index >= 15 is 0 Å². The Hall–Kier alpha value is -3.46. The van der Waals surface area contributed by atoms with Crippen LogP contribution in [-0.4, -0.2) is 29.7 Å². The zero-order valence-electron chi connectivity index (χ0n) is 18.4. The second-order valence-corrected chi connectivity index (χ2v) is 8.76. The summed E-state index contributed by atoms with van der Waals surface area (Å²) in [7, 11) is 0. The van der Waals surface area contributed by atoms with Gasteiger partial charge >= 0.3 is 0 Å². The first-order valence-corrected chi connectivity index (χ1v) is 11.4. The summed E-state index contributed by atoms with van der Waals surface area (Å²) in [6.07, 6.45) is 0.975. The van der Waals surface area contributed by atoms with Gasteiger partial charge in [-0.25, -0.2) is 0 Å². The van der Waals surface area contributed by atoms with Crippen LogP contribution in [-0.2, 0) is 6.54 Å². The van der Waals surface area contributed by atoms with Gasteiger partial charge in [-0.2, -0.15) is 15.0 Å². The van der Waals surface area contributed by atoms with Crippen LogP contribution >= 0.6 is 11.8 Å². The Labute approximate surface area is 191 Å². The monoisotopic (exact) mass is 446 g/mol. The van der Waals surface area contributed by atoms with Gasteiger partial charge in [-0.15, -0.1) is 10.2 Å². The maximum Gasteiger partial charge on any atom is 0.232 e. The number of rotatable bonds is 8. The molecule has 32 heavy (non-hydrogen) atoms. The van der Waals surface area contributed by atoms with E-state index in [1.165, 1.54) is 5.56 Å². The number of para-hydroxylation sites is 1. The van der Waals surface area contributed by atoms with Crippen molar-refractivity contribution in [1.82, 2.24) is 29.7 Å². The summed E-state index contributed by atoms with van der Waals surface area (Å²) in [5, 5.41) is 12.9. The Bertz CT molecular complexity index is 1190. The lowest BCUT2D eigenvalue weighted by atomic mass is 10.1. The van der Waals surface area contributed by atoms with Crippen molar-refractivity contribution in [3.63, 3.8) is 0 Å². The standard InChI is InChI=1S/C23H26N8S/c1-4-13-31-20(17-10-8-9-15(2)14-17)29-30-23(31)32-16(3)19-26-21(24)28-22(27-19)25-18-11-6-5-7-12-18/h5-12,14,16H,4,13H2,1-3H3,(H3,24,25,26,27,28). The second kappa shape index (κ2) is 9.78. The molecule has 0 bridgehead atoms. The highest BCUT2D eigenvalue weighted by Crippen LogP contribution is 2.34. The van der Waals surface area contributed by atoms with Crippen LogP contribution in [0.2, 0.25) is 0 Å². The summed E-state index contributed by atoms with van der Waals surface area (Å²) in [4.78, 5) is 13.2. The number of nitrogens with two attached hydrogens (primary N) is 1. The van der Waals surface area contributed by atoms with Gasteiger partial charge in [0.2, 0.25) is 11.9 Å². The molecule has 0 amide bonds. The van der Waals surface area contributed by atoms with Gasteiger partial charge in [0.05, 0.1) is 5.25 Å². The van der Waals surface area contributed by atoms with Crippen LogP contribution in [0.25, 0.3) is 11.4 Å². The lowest BCUT2D eigenvalue weighted by Crippen LogP contribution is -2.09. The van der Waals surface area contributed by atoms with E-state index in [1.807, 2.05) is 43.3 Å². The van der Waals surface area contributed by atoms with E-state index in [1.54, 1.807) is 11.8 Å². The van der Waals surface area contributed by atoms with Crippen LogP contribution in [0.3, 0.4) is 0 Å². The molecule has 1 atom stereocenters. The Morgan fingerprint density at radius 2 is 1.84 bits per heavy atom. The minimum atomic E-state index is -0.0956. The minimum absolute atomic E-state index is 0.0956. The lowest BCUT2D eigenvalue weighted by molar-refractivity contribution is 0.625. The molecule has 164 valence electrons. The number of benzene rings is 2. The van der Waals surface area contributed by atoms with E-state index in [9.17, 15) is 0 Å². The Balaban J connectivity index is 1.59. The van der Waals surface area contributed by atoms with Crippen molar-refractivity contribution in [2.45, 2.75) is 44.1 Å². The third-order valence-electron chi connectivity index (χ3n) is 4.79. The SMILES string of the molecule is CCCn1c(SC(C)c2nc(N)nc(Nc3ccccc3)n2)nnc1-c1cccc(C)c1. The molecule has 0 saturated carbocycles. The number of thioether (sulfide) groups is 1. The molecule has 0 aliphatic heterocycles. The summed E-state index contributed by atoms with van der Waals surface area (Å²) in [5.41, 5.74) is 9.11. The predicted molar refractivity (Wildman–Crippen MR) is 129 cm³/mol. The molecule has 2 aromatic carbocycles. The van der Waals surface area contributed by atoms with Crippen LogP contribution < -0.4 is 11.1 Å². The van der Waals surface area contributed by atoms with Crippen LogP contribution in [0, 0.1) is 6.92 Å². The van der Waals surface area contributed by atoms with Gasteiger partial charge in [-0.05, 0) is 38.5 Å². The number of nitrogen functional groups attached to an aromatic ring is 1. The Morgan fingerprint density at radius 3 is 2.59 bits per heavy atom. The lowest BCUT2D eigenvalue weighted by Gasteiger charge is -2.13. The smallest absolute Gasteiger partial charge is 0.232 e. The number of nitrogens with zero attached hydrogens (tertiary/aromatic N) is 6. The van der Waals surface area contributed by atoms with E-state index in [0.29, 0.717) is 11.8 Å². The van der Waals surface area contributed by atoms with Gasteiger partial charge in [-0.1, -0.05) is 60.6 Å². The molecule has 3 N–H and O–H groups in total. The second-order valence-electron chi connectivity index (χ2n) is 7.45. The average molecular weight is 447 g/mol. The largest absolute Gasteiger partial charge is 0.368 e.